The SMILES string of the molecule is CC(=O)OC[C@@]12[C@H](O)[C@H](O)[C@]3(C)C(=CC[C@@H]4[C@@]5(C)CC[C@H](O[C@@H]6OC[C@H](O[C@@H]7O[C@H](CO)[C@@H](O)[C@H](O)[C@H]7O[C@@H]7OC[C@@H](O)[C@H](O)[C@H]7O)[C@H](O)[C@H]6O[C@@H]6O[C@H](CO)[C@@H](O)[C@H](O)[C@H]6O)C(C)(C)[C@@H]5CC[C@]43C)[C@@H]1CC(C)(C)C[C@@H]2O. The summed E-state index contributed by atoms with van der Waals surface area (Å²) in [5.41, 5.74) is -3.18. The number of aliphatic hydroxyl groups excluding tert-OH is 14. The van der Waals surface area contributed by atoms with Crippen molar-refractivity contribution in [2.24, 2.45) is 50.2 Å². The van der Waals surface area contributed by atoms with Crippen molar-refractivity contribution >= 4 is 5.97 Å². The van der Waals surface area contributed by atoms with Gasteiger partial charge in [0.2, 0.25) is 0 Å². The number of esters is 1. The Morgan fingerprint density at radius 2 is 1.22 bits per heavy atom. The molecule has 0 aromatic heterocycles. The average molecular weight is 1120 g/mol. The third-order valence-corrected chi connectivity index (χ3v) is 21.2. The molecule has 4 saturated heterocycles. The molecule has 0 amide bonds. The van der Waals surface area contributed by atoms with E-state index in [-0.39, 0.29) is 29.3 Å². The van der Waals surface area contributed by atoms with E-state index < -0.39 is 195 Å². The van der Waals surface area contributed by atoms with Gasteiger partial charge in [-0.25, -0.2) is 0 Å². The van der Waals surface area contributed by atoms with Crippen molar-refractivity contribution in [2.45, 2.75) is 235 Å². The van der Waals surface area contributed by atoms with Gasteiger partial charge >= 0.3 is 5.97 Å². The lowest BCUT2D eigenvalue weighted by molar-refractivity contribution is -0.392. The van der Waals surface area contributed by atoms with Crippen LogP contribution in [0.4, 0.5) is 0 Å². The number of hydrogen-bond acceptors (Lipinski definition) is 24. The van der Waals surface area contributed by atoms with Crippen LogP contribution < -0.4 is 0 Å². The summed E-state index contributed by atoms with van der Waals surface area (Å²) in [7, 11) is 0. The Morgan fingerprint density at radius 3 is 1.87 bits per heavy atom. The zero-order chi connectivity index (χ0) is 57.1. The van der Waals surface area contributed by atoms with Crippen molar-refractivity contribution in [2.75, 3.05) is 33.0 Å². The van der Waals surface area contributed by atoms with Crippen LogP contribution in [0.3, 0.4) is 0 Å². The Kier molecular flexibility index (Phi) is 17.2. The van der Waals surface area contributed by atoms with Gasteiger partial charge in [-0.3, -0.25) is 4.79 Å². The van der Waals surface area contributed by atoms with E-state index in [9.17, 15) is 76.3 Å². The van der Waals surface area contributed by atoms with Crippen LogP contribution in [-0.4, -0.2) is 246 Å². The summed E-state index contributed by atoms with van der Waals surface area (Å²) >= 11 is 0. The molecule has 24 nitrogen and oxygen atoms in total. The average Bonchev–Trinajstić information content (AvgIpc) is 1.72. The molecule has 5 aliphatic carbocycles. The number of fused-ring (bicyclic) bond motifs is 7. The number of allylic oxidation sites excluding steroid dienone is 1. The monoisotopic (exact) mass is 1120 g/mol. The van der Waals surface area contributed by atoms with Crippen molar-refractivity contribution in [3.63, 3.8) is 0 Å². The van der Waals surface area contributed by atoms with Crippen molar-refractivity contribution in [3.8, 4) is 0 Å². The zero-order valence-corrected chi connectivity index (χ0v) is 45.8. The maximum absolute atomic E-state index is 12.7. The molecule has 448 valence electrons. The molecule has 0 unspecified atom stereocenters. The minimum Gasteiger partial charge on any atom is -0.465 e. The maximum Gasteiger partial charge on any atom is 0.302 e. The first-order chi connectivity index (χ1) is 36.4. The number of ether oxygens (including phenoxy) is 9. The fraction of sp³-hybridized carbons (Fsp3) is 0.944. The van der Waals surface area contributed by atoms with E-state index in [1.54, 1.807) is 0 Å². The van der Waals surface area contributed by atoms with E-state index >= 15 is 0 Å². The van der Waals surface area contributed by atoms with Gasteiger partial charge in [-0.05, 0) is 84.4 Å². The van der Waals surface area contributed by atoms with Crippen molar-refractivity contribution in [1.29, 1.82) is 0 Å². The highest BCUT2D eigenvalue weighted by atomic mass is 16.8. The highest BCUT2D eigenvalue weighted by Gasteiger charge is 2.74. The third-order valence-electron chi connectivity index (χ3n) is 21.2. The first-order valence-electron chi connectivity index (χ1n) is 27.8. The Balaban J connectivity index is 0.985. The summed E-state index contributed by atoms with van der Waals surface area (Å²) in [5, 5.41) is 155. The highest BCUT2D eigenvalue weighted by Crippen LogP contribution is 2.76. The minimum absolute atomic E-state index is 0.0144. The number of rotatable bonds is 12. The smallest absolute Gasteiger partial charge is 0.302 e. The second-order valence-electron chi connectivity index (χ2n) is 26.3. The van der Waals surface area contributed by atoms with Gasteiger partial charge < -0.3 is 114 Å². The molecule has 9 aliphatic rings. The number of carbonyl (C=O) groups is 1. The largest absolute Gasteiger partial charge is 0.465 e. The van der Waals surface area contributed by atoms with Crippen LogP contribution in [0.15, 0.2) is 11.6 Å². The molecule has 0 spiro atoms. The van der Waals surface area contributed by atoms with Gasteiger partial charge in [-0.15, -0.1) is 0 Å². The molecule has 4 saturated carbocycles. The molecule has 0 aromatic carbocycles. The Bertz CT molecular complexity index is 2150. The Morgan fingerprint density at radius 1 is 0.615 bits per heavy atom. The molecule has 9 rings (SSSR count). The minimum atomic E-state index is -1.92. The van der Waals surface area contributed by atoms with E-state index in [1.165, 1.54) is 6.92 Å². The lowest BCUT2D eigenvalue weighted by Crippen LogP contribution is -2.74. The predicted molar refractivity (Wildman–Crippen MR) is 264 cm³/mol. The Hall–Kier alpha value is -1.67. The van der Waals surface area contributed by atoms with Crippen LogP contribution in [0.5, 0.6) is 0 Å². The second kappa shape index (κ2) is 22.1. The third kappa shape index (κ3) is 9.76. The number of hydrogen-bond donors (Lipinski definition) is 14. The molecular weight excluding hydrogens is 1030 g/mol. The van der Waals surface area contributed by atoms with Gasteiger partial charge in [0, 0.05) is 12.3 Å². The second-order valence-corrected chi connectivity index (χ2v) is 26.3. The molecule has 0 aromatic rings. The maximum atomic E-state index is 12.7. The molecule has 4 heterocycles. The predicted octanol–water partition coefficient (Wildman–Crippen LogP) is -2.80. The summed E-state index contributed by atoms with van der Waals surface area (Å²) in [5.74, 6) is -0.966. The first kappa shape index (κ1) is 60.9. The molecule has 78 heavy (non-hydrogen) atoms. The van der Waals surface area contributed by atoms with E-state index in [0.29, 0.717) is 44.9 Å². The van der Waals surface area contributed by atoms with Gasteiger partial charge in [0.1, 0.15) is 92.1 Å². The van der Waals surface area contributed by atoms with Crippen molar-refractivity contribution < 1.29 is 119 Å². The van der Waals surface area contributed by atoms with Crippen LogP contribution in [0.25, 0.3) is 0 Å². The van der Waals surface area contributed by atoms with Gasteiger partial charge in [0.25, 0.3) is 0 Å². The summed E-state index contributed by atoms with van der Waals surface area (Å²) in [6.07, 6.45) is -28.6. The fourth-order valence-corrected chi connectivity index (χ4v) is 16.6. The van der Waals surface area contributed by atoms with E-state index in [0.717, 1.165) is 5.57 Å². The molecular formula is C54H88O24. The molecule has 0 radical (unpaired) electrons. The van der Waals surface area contributed by atoms with E-state index in [2.05, 4.69) is 54.5 Å². The normalized spacial score (nSPS) is 53.9. The zero-order valence-electron chi connectivity index (χ0n) is 45.8. The van der Waals surface area contributed by atoms with Crippen molar-refractivity contribution in [3.05, 3.63) is 11.6 Å². The topological polar surface area (TPSA) is 383 Å². The fourth-order valence-electron chi connectivity index (χ4n) is 16.6. The molecule has 4 aliphatic heterocycles. The van der Waals surface area contributed by atoms with Crippen LogP contribution >= 0.6 is 0 Å². The highest BCUT2D eigenvalue weighted by molar-refractivity contribution is 5.66. The lowest BCUT2D eigenvalue weighted by Gasteiger charge is -2.73. The molecule has 8 fully saturated rings. The molecule has 0 bridgehead atoms. The summed E-state index contributed by atoms with van der Waals surface area (Å²) in [4.78, 5) is 12.3. The van der Waals surface area contributed by atoms with Gasteiger partial charge in [-0.2, -0.15) is 0 Å². The summed E-state index contributed by atoms with van der Waals surface area (Å²) in [6.45, 7) is 13.5. The molecule has 14 N–H and O–H groups in total. The van der Waals surface area contributed by atoms with E-state index in [4.69, 9.17) is 42.6 Å². The van der Waals surface area contributed by atoms with Crippen LogP contribution in [0, 0.1) is 50.2 Å². The van der Waals surface area contributed by atoms with Crippen LogP contribution in [0.1, 0.15) is 100 Å². The lowest BCUT2D eigenvalue weighted by atomic mass is 9.32. The van der Waals surface area contributed by atoms with Crippen LogP contribution in [-0.2, 0) is 47.4 Å². The summed E-state index contributed by atoms with van der Waals surface area (Å²) in [6, 6.07) is 0. The standard InChI is InChI=1S/C54H88O24/c1-22(57)72-21-54-24(15-49(2,3)16-31(54)59)23-9-10-30-51(6)13-12-32(50(4,5)29(51)11-14-52(30,7)53(23,8)43(68)44(54)69)76-47-41(78-46-40(67)37(64)34(61)26(17-55)73-46)36(63)28(20-71-47)75-48-42(38(65)35(62)27(18-56)74-48)77-45-39(66)33(60)25(58)19-70-45/h9,24-48,55-56,58-69H,10-21H2,1-8H3/t24-,25+,26+,27+,28-,29-,30+,31-,32-,33-,34+,35+,36-,37-,38-,39+,40+,41+,42+,43-,44+,45-,46-,47-,48-,51-,52+,53-,54+/m0/s1. The summed E-state index contributed by atoms with van der Waals surface area (Å²) < 4.78 is 54.2. The quantitative estimate of drug-likeness (QED) is 0.0533. The van der Waals surface area contributed by atoms with Gasteiger partial charge in [0.05, 0.1) is 56.3 Å². The number of aliphatic hydroxyl groups is 14. The molecule has 29 atom stereocenters. The van der Waals surface area contributed by atoms with Crippen molar-refractivity contribution in [1.82, 2.24) is 0 Å². The van der Waals surface area contributed by atoms with Crippen LogP contribution in [0.2, 0.25) is 0 Å². The van der Waals surface area contributed by atoms with Gasteiger partial charge in [0.15, 0.2) is 25.2 Å². The molecule has 24 heteroatoms. The first-order valence-corrected chi connectivity index (χ1v) is 27.8. The van der Waals surface area contributed by atoms with E-state index in [1.807, 2.05) is 0 Å². The Labute approximate surface area is 454 Å². The van der Waals surface area contributed by atoms with Gasteiger partial charge in [-0.1, -0.05) is 60.1 Å². The number of carbonyl (C=O) groups excluding carboxylic acids is 1.